The first-order chi connectivity index (χ1) is 12.2. The van der Waals surface area contributed by atoms with Crippen molar-refractivity contribution in [2.24, 2.45) is 10.7 Å². The second-order valence-electron chi connectivity index (χ2n) is 5.99. The van der Waals surface area contributed by atoms with Crippen LogP contribution in [0.2, 0.25) is 0 Å². The number of hydrogen-bond acceptors (Lipinski definition) is 4. The zero-order valence-corrected chi connectivity index (χ0v) is 15.0. The summed E-state index contributed by atoms with van der Waals surface area (Å²) in [6.45, 7) is 9.09. The second kappa shape index (κ2) is 10.7. The van der Waals surface area contributed by atoms with Crippen LogP contribution in [0.1, 0.15) is 29.3 Å². The highest BCUT2D eigenvalue weighted by atomic mass is 16.5. The van der Waals surface area contributed by atoms with Crippen molar-refractivity contribution in [2.75, 3.05) is 45.9 Å². The third-order valence-electron chi connectivity index (χ3n) is 4.05. The molecule has 0 aliphatic carbocycles. The number of aliphatic imine (C=N–C) groups is 1. The Balaban J connectivity index is 1.75. The number of nitrogens with one attached hydrogen (secondary N) is 2. The number of morpholine rings is 1. The van der Waals surface area contributed by atoms with Gasteiger partial charge in [-0.15, -0.1) is 0 Å². The maximum Gasteiger partial charge on any atom is 0.248 e. The van der Waals surface area contributed by atoms with E-state index in [0.717, 1.165) is 63.9 Å². The molecule has 0 unspecified atom stereocenters. The third kappa shape index (κ3) is 7.11. The van der Waals surface area contributed by atoms with Crippen molar-refractivity contribution in [2.45, 2.75) is 19.9 Å². The Morgan fingerprint density at radius 2 is 1.96 bits per heavy atom. The van der Waals surface area contributed by atoms with E-state index >= 15 is 0 Å². The van der Waals surface area contributed by atoms with E-state index in [4.69, 9.17) is 10.5 Å². The molecule has 7 nitrogen and oxygen atoms in total. The topological polar surface area (TPSA) is 92.0 Å². The number of guanidine groups is 1. The van der Waals surface area contributed by atoms with Crippen LogP contribution in [0.25, 0.3) is 0 Å². The number of carbonyl (C=O) groups is 1. The number of primary amides is 1. The number of amides is 1. The van der Waals surface area contributed by atoms with E-state index in [2.05, 4.69) is 20.5 Å². The van der Waals surface area contributed by atoms with E-state index in [1.807, 2.05) is 19.1 Å². The van der Waals surface area contributed by atoms with Crippen molar-refractivity contribution < 1.29 is 9.53 Å². The minimum atomic E-state index is -0.412. The van der Waals surface area contributed by atoms with Gasteiger partial charge in [0.2, 0.25) is 5.91 Å². The Labute approximate surface area is 149 Å². The molecule has 1 aromatic carbocycles. The van der Waals surface area contributed by atoms with Crippen LogP contribution in [0.3, 0.4) is 0 Å². The lowest BCUT2D eigenvalue weighted by Gasteiger charge is -2.26. The largest absolute Gasteiger partial charge is 0.379 e. The summed E-state index contributed by atoms with van der Waals surface area (Å²) in [5.74, 6) is 0.397. The Morgan fingerprint density at radius 1 is 1.24 bits per heavy atom. The number of nitrogens with two attached hydrogens (primary N) is 1. The van der Waals surface area contributed by atoms with E-state index in [-0.39, 0.29) is 0 Å². The normalized spacial score (nSPS) is 15.8. The summed E-state index contributed by atoms with van der Waals surface area (Å²) in [6, 6.07) is 7.23. The van der Waals surface area contributed by atoms with Crippen molar-refractivity contribution in [3.05, 3.63) is 35.4 Å². The van der Waals surface area contributed by atoms with E-state index in [9.17, 15) is 4.79 Å². The average molecular weight is 347 g/mol. The van der Waals surface area contributed by atoms with Crippen LogP contribution >= 0.6 is 0 Å². The van der Waals surface area contributed by atoms with Crippen LogP contribution in [0, 0.1) is 0 Å². The third-order valence-corrected chi connectivity index (χ3v) is 4.05. The molecule has 138 valence electrons. The van der Waals surface area contributed by atoms with Gasteiger partial charge in [0.1, 0.15) is 0 Å². The predicted molar refractivity (Wildman–Crippen MR) is 99.7 cm³/mol. The lowest BCUT2D eigenvalue weighted by molar-refractivity contribution is 0.0376. The zero-order chi connectivity index (χ0) is 17.9. The first kappa shape index (κ1) is 19.2. The smallest absolute Gasteiger partial charge is 0.248 e. The van der Waals surface area contributed by atoms with Gasteiger partial charge in [-0.25, -0.2) is 4.99 Å². The molecule has 0 aromatic heterocycles. The molecule has 1 aromatic rings. The van der Waals surface area contributed by atoms with Gasteiger partial charge in [-0.2, -0.15) is 0 Å². The fourth-order valence-electron chi connectivity index (χ4n) is 2.62. The molecule has 2 rings (SSSR count). The molecule has 1 aliphatic heterocycles. The predicted octanol–water partition coefficient (Wildman–Crippen LogP) is 0.563. The molecule has 0 bridgehead atoms. The summed E-state index contributed by atoms with van der Waals surface area (Å²) in [5.41, 5.74) is 6.80. The second-order valence-corrected chi connectivity index (χ2v) is 5.99. The van der Waals surface area contributed by atoms with Crippen molar-refractivity contribution in [3.8, 4) is 0 Å². The van der Waals surface area contributed by atoms with E-state index in [1.165, 1.54) is 0 Å². The zero-order valence-electron chi connectivity index (χ0n) is 15.0. The summed E-state index contributed by atoms with van der Waals surface area (Å²) < 4.78 is 5.36. The molecule has 7 heteroatoms. The molecule has 1 heterocycles. The fraction of sp³-hybridized carbons (Fsp3) is 0.556. The maximum atomic E-state index is 11.1. The Bertz CT molecular complexity index is 553. The van der Waals surface area contributed by atoms with Gasteiger partial charge in [0.05, 0.1) is 19.8 Å². The van der Waals surface area contributed by atoms with Crippen molar-refractivity contribution in [3.63, 3.8) is 0 Å². The highest BCUT2D eigenvalue weighted by molar-refractivity contribution is 5.92. The molecular formula is C18H29N5O2. The van der Waals surface area contributed by atoms with Crippen LogP contribution in [-0.4, -0.2) is 62.7 Å². The molecule has 1 saturated heterocycles. The van der Waals surface area contributed by atoms with Crippen LogP contribution < -0.4 is 16.4 Å². The van der Waals surface area contributed by atoms with Crippen LogP contribution in [0.5, 0.6) is 0 Å². The number of rotatable bonds is 8. The van der Waals surface area contributed by atoms with Crippen LogP contribution in [0.4, 0.5) is 0 Å². The molecular weight excluding hydrogens is 318 g/mol. The minimum absolute atomic E-state index is 0.412. The lowest BCUT2D eigenvalue weighted by atomic mass is 10.1. The average Bonchev–Trinajstić information content (AvgIpc) is 2.64. The summed E-state index contributed by atoms with van der Waals surface area (Å²) in [4.78, 5) is 18.1. The van der Waals surface area contributed by atoms with Crippen molar-refractivity contribution in [1.29, 1.82) is 0 Å². The molecule has 0 radical (unpaired) electrons. The Hall–Kier alpha value is -2.12. The first-order valence-electron chi connectivity index (χ1n) is 8.90. The van der Waals surface area contributed by atoms with Gasteiger partial charge in [-0.3, -0.25) is 9.69 Å². The minimum Gasteiger partial charge on any atom is -0.379 e. The monoisotopic (exact) mass is 347 g/mol. The number of ether oxygens (including phenoxy) is 1. The molecule has 25 heavy (non-hydrogen) atoms. The van der Waals surface area contributed by atoms with Gasteiger partial charge >= 0.3 is 0 Å². The number of hydrogen-bond donors (Lipinski definition) is 3. The van der Waals surface area contributed by atoms with Crippen LogP contribution in [-0.2, 0) is 11.3 Å². The first-order valence-corrected chi connectivity index (χ1v) is 8.90. The highest BCUT2D eigenvalue weighted by Crippen LogP contribution is 2.05. The van der Waals surface area contributed by atoms with E-state index in [1.54, 1.807) is 12.1 Å². The molecule has 1 fully saturated rings. The number of carbonyl (C=O) groups excluding carboxylic acids is 1. The van der Waals surface area contributed by atoms with Crippen molar-refractivity contribution >= 4 is 11.9 Å². The summed E-state index contributed by atoms with van der Waals surface area (Å²) in [6.07, 6.45) is 1.07. The summed E-state index contributed by atoms with van der Waals surface area (Å²) >= 11 is 0. The SMILES string of the molecule is CCNC(=NCc1ccc(C(N)=O)cc1)NCCCN1CCOCC1. The van der Waals surface area contributed by atoms with Gasteiger partial charge in [0.15, 0.2) is 5.96 Å². The van der Waals surface area contributed by atoms with Gasteiger partial charge in [0, 0.05) is 31.7 Å². The fourth-order valence-corrected chi connectivity index (χ4v) is 2.62. The standard InChI is InChI=1S/C18H29N5O2/c1-2-20-18(21-8-3-9-23-10-12-25-13-11-23)22-14-15-4-6-16(7-5-15)17(19)24/h4-7H,2-3,8-14H2,1H3,(H2,19,24)(H2,20,21,22). The van der Waals surface area contributed by atoms with Gasteiger partial charge in [-0.05, 0) is 37.6 Å². The molecule has 1 amide bonds. The quantitative estimate of drug-likeness (QED) is 0.363. The molecule has 0 spiro atoms. The number of nitrogens with zero attached hydrogens (tertiary/aromatic N) is 2. The van der Waals surface area contributed by atoms with Gasteiger partial charge in [0.25, 0.3) is 0 Å². The highest BCUT2D eigenvalue weighted by Gasteiger charge is 2.09. The summed E-state index contributed by atoms with van der Waals surface area (Å²) in [7, 11) is 0. The Morgan fingerprint density at radius 3 is 2.60 bits per heavy atom. The van der Waals surface area contributed by atoms with Crippen molar-refractivity contribution in [1.82, 2.24) is 15.5 Å². The summed E-state index contributed by atoms with van der Waals surface area (Å²) in [5, 5.41) is 6.62. The molecule has 0 atom stereocenters. The molecule has 4 N–H and O–H groups in total. The lowest BCUT2D eigenvalue weighted by Crippen LogP contribution is -2.40. The Kier molecular flexibility index (Phi) is 8.21. The maximum absolute atomic E-state index is 11.1. The van der Waals surface area contributed by atoms with E-state index < -0.39 is 5.91 Å². The van der Waals surface area contributed by atoms with E-state index in [0.29, 0.717) is 12.1 Å². The van der Waals surface area contributed by atoms with Gasteiger partial charge in [-0.1, -0.05) is 12.1 Å². The molecule has 0 saturated carbocycles. The van der Waals surface area contributed by atoms with Gasteiger partial charge < -0.3 is 21.1 Å². The number of benzene rings is 1. The van der Waals surface area contributed by atoms with Crippen LogP contribution in [0.15, 0.2) is 29.3 Å². The molecule has 1 aliphatic rings.